The molecule has 0 fully saturated rings. The Morgan fingerprint density at radius 2 is 1.60 bits per heavy atom. The molecule has 3 N–H and O–H groups in total. The molecule has 8 heteroatoms. The summed E-state index contributed by atoms with van der Waals surface area (Å²) in [5, 5.41) is 8.82. The van der Waals surface area contributed by atoms with Gasteiger partial charge in [0.2, 0.25) is 5.91 Å². The SMILES string of the molecule is C=CCCl.CC.CC1=C(C)CCCC1.Cc1ncc(C(N)=O)cccc(CCCCC(=O)O)c(-c2ccc(F)cc2)n1. The molecule has 0 unspecified atom stereocenters. The van der Waals surface area contributed by atoms with E-state index in [4.69, 9.17) is 22.4 Å². The van der Waals surface area contributed by atoms with Crippen molar-refractivity contribution < 1.29 is 19.1 Å². The van der Waals surface area contributed by atoms with Gasteiger partial charge in [0.15, 0.2) is 0 Å². The largest absolute Gasteiger partial charge is 0.481 e. The molecular formula is C34H47ClFN3O3. The van der Waals surface area contributed by atoms with E-state index in [-0.39, 0.29) is 17.8 Å². The van der Waals surface area contributed by atoms with Crippen LogP contribution < -0.4 is 5.73 Å². The lowest BCUT2D eigenvalue weighted by molar-refractivity contribution is -0.137. The Labute approximate surface area is 256 Å². The zero-order valence-electron chi connectivity index (χ0n) is 25.8. The molecule has 6 nitrogen and oxygen atoms in total. The summed E-state index contributed by atoms with van der Waals surface area (Å²) >= 11 is 5.07. The molecule has 1 aromatic carbocycles. The van der Waals surface area contributed by atoms with Crippen molar-refractivity contribution in [2.45, 2.75) is 86.0 Å². The number of carboxylic acid groups (broad SMARTS) is 1. The number of allylic oxidation sites excluding steroid dienone is 3. The van der Waals surface area contributed by atoms with Crippen molar-refractivity contribution in [3.63, 3.8) is 0 Å². The van der Waals surface area contributed by atoms with Crippen molar-refractivity contribution in [1.82, 2.24) is 9.97 Å². The number of halogens is 2. The van der Waals surface area contributed by atoms with Crippen molar-refractivity contribution in [2.24, 2.45) is 5.73 Å². The number of carbonyl (C=O) groups is 2. The highest BCUT2D eigenvalue weighted by Crippen LogP contribution is 2.23. The number of unbranched alkanes of at least 4 members (excludes halogenated alkanes) is 1. The predicted molar refractivity (Wildman–Crippen MR) is 173 cm³/mol. The van der Waals surface area contributed by atoms with Gasteiger partial charge in [-0.1, -0.05) is 43.2 Å². The number of hydrogen-bond acceptors (Lipinski definition) is 4. The molecule has 0 saturated carbocycles. The van der Waals surface area contributed by atoms with Gasteiger partial charge < -0.3 is 10.8 Å². The van der Waals surface area contributed by atoms with Gasteiger partial charge in [0, 0.05) is 24.1 Å². The van der Waals surface area contributed by atoms with Crippen molar-refractivity contribution in [1.29, 1.82) is 0 Å². The summed E-state index contributed by atoms with van der Waals surface area (Å²) in [6.45, 7) is 13.6. The summed E-state index contributed by atoms with van der Waals surface area (Å²) in [5.74, 6) is -0.834. The first-order valence-electron chi connectivity index (χ1n) is 14.4. The minimum absolute atomic E-state index is 0.0845. The average molecular weight is 600 g/mol. The lowest BCUT2D eigenvalue weighted by Gasteiger charge is -2.12. The van der Waals surface area contributed by atoms with Crippen molar-refractivity contribution >= 4 is 23.5 Å². The Morgan fingerprint density at radius 1 is 1.02 bits per heavy atom. The van der Waals surface area contributed by atoms with Crippen LogP contribution in [0.5, 0.6) is 0 Å². The number of hydrogen-bond donors (Lipinski definition) is 2. The number of alkyl halides is 1. The Kier molecular flexibility index (Phi) is 21.1. The molecule has 2 aromatic rings. The van der Waals surface area contributed by atoms with E-state index in [0.29, 0.717) is 42.2 Å². The monoisotopic (exact) mass is 599 g/mol. The number of rotatable bonds is 8. The molecule has 1 aliphatic rings. The summed E-state index contributed by atoms with van der Waals surface area (Å²) in [7, 11) is 0. The number of nitrogens with zero attached hydrogens (tertiary/aromatic N) is 2. The Balaban J connectivity index is 0.000000988. The molecule has 42 heavy (non-hydrogen) atoms. The first-order chi connectivity index (χ1) is 20.1. The molecule has 230 valence electrons. The van der Waals surface area contributed by atoms with Crippen LogP contribution in [0.15, 0.2) is 72.5 Å². The van der Waals surface area contributed by atoms with Gasteiger partial charge in [-0.15, -0.1) is 18.2 Å². The van der Waals surface area contributed by atoms with E-state index in [1.807, 2.05) is 13.8 Å². The fourth-order valence-electron chi connectivity index (χ4n) is 3.82. The molecule has 1 amide bonds. The smallest absolute Gasteiger partial charge is 0.303 e. The van der Waals surface area contributed by atoms with Crippen LogP contribution in [0.2, 0.25) is 0 Å². The second-order valence-electron chi connectivity index (χ2n) is 9.45. The highest BCUT2D eigenvalue weighted by molar-refractivity contribution is 6.18. The lowest BCUT2D eigenvalue weighted by Crippen LogP contribution is -2.10. The maximum Gasteiger partial charge on any atom is 0.303 e. The number of aliphatic carboxylic acids is 1. The highest BCUT2D eigenvalue weighted by atomic mass is 35.5. The maximum absolute atomic E-state index is 13.3. The number of benzene rings is 1. The maximum atomic E-state index is 13.3. The van der Waals surface area contributed by atoms with Crippen LogP contribution >= 0.6 is 11.6 Å². The van der Waals surface area contributed by atoms with E-state index in [0.717, 1.165) is 5.56 Å². The van der Waals surface area contributed by atoms with Crippen LogP contribution in [0.3, 0.4) is 0 Å². The lowest BCUT2D eigenvalue weighted by atomic mass is 9.94. The number of nitrogens with two attached hydrogens (primary N) is 1. The standard InChI is InChI=1S/C21H22FN3O3.C8H14.C3H5Cl.C2H6/c1-14-24-13-17(21(23)28)7-4-6-15(5-2-3-8-19(26)27)20(25-14)16-9-11-18(22)12-10-16;1-7-5-3-4-6-8(7)2;1-2-3-4;1-2/h4,6-7,9-13H,2-3,5,8H2,1H3,(H2,23,28)(H,26,27);3-6H2,1-2H3;2H,1,3H2;1-2H3. The molecule has 0 radical (unpaired) electrons. The molecule has 0 saturated heterocycles. The van der Waals surface area contributed by atoms with Crippen LogP contribution in [0, 0.1) is 12.7 Å². The summed E-state index contributed by atoms with van der Waals surface area (Å²) < 4.78 is 13.3. The van der Waals surface area contributed by atoms with E-state index >= 15 is 0 Å². The first-order valence-corrected chi connectivity index (χ1v) is 14.9. The second kappa shape index (κ2) is 23.0. The predicted octanol–water partition coefficient (Wildman–Crippen LogP) is 8.95. The molecule has 1 aromatic heterocycles. The van der Waals surface area contributed by atoms with Crippen LogP contribution in [0.1, 0.15) is 94.4 Å². The molecule has 0 bridgehead atoms. The number of aryl methyl sites for hydroxylation is 2. The van der Waals surface area contributed by atoms with Gasteiger partial charge in [0.1, 0.15) is 11.6 Å². The van der Waals surface area contributed by atoms with E-state index < -0.39 is 11.9 Å². The number of primary amides is 1. The van der Waals surface area contributed by atoms with Gasteiger partial charge in [-0.3, -0.25) is 9.59 Å². The van der Waals surface area contributed by atoms with Gasteiger partial charge in [0.25, 0.3) is 0 Å². The van der Waals surface area contributed by atoms with Crippen molar-refractivity contribution in [3.05, 3.63) is 95.2 Å². The van der Waals surface area contributed by atoms with Crippen molar-refractivity contribution in [2.75, 3.05) is 5.88 Å². The topological polar surface area (TPSA) is 106 Å². The number of aromatic nitrogens is 2. The second-order valence-corrected chi connectivity index (χ2v) is 9.76. The molecule has 0 atom stereocenters. The van der Waals surface area contributed by atoms with E-state index in [1.54, 1.807) is 54.5 Å². The van der Waals surface area contributed by atoms with E-state index in [2.05, 4.69) is 30.4 Å². The molecular weight excluding hydrogens is 553 g/mol. The number of amides is 1. The Bertz CT molecular complexity index is 1200. The summed E-state index contributed by atoms with van der Waals surface area (Å²) in [6.07, 6.45) is 10.3. The fraction of sp³-hybridized carbons (Fsp3) is 0.412. The third-order valence-electron chi connectivity index (χ3n) is 6.22. The van der Waals surface area contributed by atoms with Crippen molar-refractivity contribution in [3.8, 4) is 11.3 Å². The first kappa shape index (κ1) is 38.4. The minimum Gasteiger partial charge on any atom is -0.481 e. The van der Waals surface area contributed by atoms with Crippen LogP contribution in [0.25, 0.3) is 11.3 Å². The summed E-state index contributed by atoms with van der Waals surface area (Å²) in [6, 6.07) is 11.0. The van der Waals surface area contributed by atoms with Gasteiger partial charge in [-0.2, -0.15) is 0 Å². The Hall–Kier alpha value is -3.58. The van der Waals surface area contributed by atoms with Crippen LogP contribution in [0.4, 0.5) is 4.39 Å². The number of carbonyl (C=O) groups excluding carboxylic acids is 1. The minimum atomic E-state index is -0.841. The highest BCUT2D eigenvalue weighted by Gasteiger charge is 2.08. The third-order valence-corrected chi connectivity index (χ3v) is 6.44. The van der Waals surface area contributed by atoms with Gasteiger partial charge >= 0.3 is 5.97 Å². The van der Waals surface area contributed by atoms with E-state index in [9.17, 15) is 14.0 Å². The number of carboxylic acids is 1. The fourth-order valence-corrected chi connectivity index (χ4v) is 3.82. The van der Waals surface area contributed by atoms with Crippen LogP contribution in [-0.4, -0.2) is 32.8 Å². The molecule has 1 aliphatic carbocycles. The summed E-state index contributed by atoms with van der Waals surface area (Å²) in [5.41, 5.74) is 11.0. The molecule has 1 heterocycles. The van der Waals surface area contributed by atoms with Gasteiger partial charge in [-0.05, 0) is 102 Å². The Morgan fingerprint density at radius 3 is 2.07 bits per heavy atom. The summed E-state index contributed by atoms with van der Waals surface area (Å²) in [4.78, 5) is 31.0. The zero-order chi connectivity index (χ0) is 31.9. The normalized spacial score (nSPS) is 11.7. The van der Waals surface area contributed by atoms with E-state index in [1.165, 1.54) is 44.0 Å². The quantitative estimate of drug-likeness (QED) is 0.179. The zero-order valence-corrected chi connectivity index (χ0v) is 26.5. The molecule has 0 spiro atoms. The van der Waals surface area contributed by atoms with Gasteiger partial charge in [-0.25, -0.2) is 14.4 Å². The van der Waals surface area contributed by atoms with Gasteiger partial charge in [0.05, 0.1) is 11.3 Å². The average Bonchev–Trinajstić information content (AvgIpc) is 2.98. The van der Waals surface area contributed by atoms with Crippen LogP contribution in [-0.2, 0) is 11.2 Å². The molecule has 3 rings (SSSR count). The third kappa shape index (κ3) is 16.6. The molecule has 0 aliphatic heterocycles.